The standard InChI is InChI=1S/C54H40N2S2/c1-53(2)41-29-33(21-25-37(41)39-27-23-35(31-43(39)53)55-45-13-5-9-17-49(45)57-50-18-10-6-14-46(50)55)34-22-26-38-40-28-24-36(32-44(40)54(3,4)42(38)30-34)56-47-15-7-11-19-51(47)58-52-20-12-8-16-48(52)56/h5-32H,1-4H3. The van der Waals surface area contributed by atoms with Crippen molar-refractivity contribution in [2.45, 2.75) is 58.1 Å². The minimum Gasteiger partial charge on any atom is -0.308 e. The van der Waals surface area contributed by atoms with E-state index in [1.165, 1.54) is 109 Å². The molecule has 4 heteroatoms. The van der Waals surface area contributed by atoms with Crippen molar-refractivity contribution < 1.29 is 0 Å². The van der Waals surface area contributed by atoms with Gasteiger partial charge in [0.25, 0.3) is 0 Å². The molecule has 0 N–H and O–H groups in total. The number of hydrogen-bond acceptors (Lipinski definition) is 4. The molecule has 0 saturated carbocycles. The maximum Gasteiger partial charge on any atom is 0.0601 e. The Morgan fingerprint density at radius 2 is 0.621 bits per heavy atom. The molecular formula is C54H40N2S2. The molecule has 0 saturated heterocycles. The van der Waals surface area contributed by atoms with E-state index in [9.17, 15) is 0 Å². The molecule has 0 unspecified atom stereocenters. The molecule has 0 bridgehead atoms. The largest absolute Gasteiger partial charge is 0.308 e. The van der Waals surface area contributed by atoms with Crippen LogP contribution in [0.1, 0.15) is 49.9 Å². The molecule has 2 aliphatic heterocycles. The molecule has 8 aromatic carbocycles. The highest BCUT2D eigenvalue weighted by atomic mass is 32.2. The third kappa shape index (κ3) is 4.82. The summed E-state index contributed by atoms with van der Waals surface area (Å²) >= 11 is 3.71. The van der Waals surface area contributed by atoms with Crippen molar-refractivity contribution in [3.05, 3.63) is 192 Å². The number of fused-ring (bicyclic) bond motifs is 10. The summed E-state index contributed by atoms with van der Waals surface area (Å²) < 4.78 is 0. The fraction of sp³-hybridized carbons (Fsp3) is 0.111. The molecular weight excluding hydrogens is 741 g/mol. The van der Waals surface area contributed by atoms with Crippen LogP contribution in [0.5, 0.6) is 0 Å². The highest BCUT2D eigenvalue weighted by Gasteiger charge is 2.39. The zero-order valence-corrected chi connectivity index (χ0v) is 34.5. The van der Waals surface area contributed by atoms with E-state index in [1.54, 1.807) is 0 Å². The molecule has 8 aromatic rings. The van der Waals surface area contributed by atoms with Crippen LogP contribution in [0.2, 0.25) is 0 Å². The Labute approximate surface area is 349 Å². The lowest BCUT2D eigenvalue weighted by atomic mass is 9.80. The summed E-state index contributed by atoms with van der Waals surface area (Å²) in [5.41, 5.74) is 20.5. The molecule has 0 radical (unpaired) electrons. The lowest BCUT2D eigenvalue weighted by Crippen LogP contribution is -2.18. The van der Waals surface area contributed by atoms with Crippen molar-refractivity contribution in [3.8, 4) is 33.4 Å². The summed E-state index contributed by atoms with van der Waals surface area (Å²) in [5.74, 6) is 0. The normalized spacial score (nSPS) is 15.7. The molecule has 2 nitrogen and oxygen atoms in total. The Balaban J connectivity index is 0.901. The Kier molecular flexibility index (Phi) is 7.23. The van der Waals surface area contributed by atoms with Crippen LogP contribution in [-0.2, 0) is 10.8 Å². The molecule has 0 amide bonds. The van der Waals surface area contributed by atoms with Crippen LogP contribution in [0.15, 0.2) is 189 Å². The van der Waals surface area contributed by atoms with Crippen molar-refractivity contribution in [3.63, 3.8) is 0 Å². The molecule has 0 aromatic heterocycles. The van der Waals surface area contributed by atoms with Crippen molar-refractivity contribution in [2.24, 2.45) is 0 Å². The summed E-state index contributed by atoms with van der Waals surface area (Å²) in [6, 6.07) is 63.7. The second kappa shape index (κ2) is 12.3. The Morgan fingerprint density at radius 3 is 0.966 bits per heavy atom. The van der Waals surface area contributed by atoms with Crippen LogP contribution in [0.3, 0.4) is 0 Å². The summed E-state index contributed by atoms with van der Waals surface area (Å²) in [4.78, 5) is 10.0. The first-order chi connectivity index (χ1) is 28.3. The van der Waals surface area contributed by atoms with Crippen molar-refractivity contribution in [1.82, 2.24) is 0 Å². The van der Waals surface area contributed by atoms with Gasteiger partial charge in [0.15, 0.2) is 0 Å². The minimum absolute atomic E-state index is 0.160. The fourth-order valence-electron chi connectivity index (χ4n) is 10.1. The zero-order valence-electron chi connectivity index (χ0n) is 32.9. The predicted octanol–water partition coefficient (Wildman–Crippen LogP) is 15.8. The average molecular weight is 781 g/mol. The number of para-hydroxylation sites is 4. The fourth-order valence-corrected chi connectivity index (χ4v) is 12.2. The number of nitrogens with zero attached hydrogens (tertiary/aromatic N) is 2. The van der Waals surface area contributed by atoms with Gasteiger partial charge in [-0.3, -0.25) is 0 Å². The topological polar surface area (TPSA) is 6.48 Å². The van der Waals surface area contributed by atoms with Crippen LogP contribution in [0.4, 0.5) is 34.1 Å². The number of hydrogen-bond donors (Lipinski definition) is 0. The lowest BCUT2D eigenvalue weighted by molar-refractivity contribution is 0.659. The van der Waals surface area contributed by atoms with Crippen LogP contribution >= 0.6 is 23.5 Å². The van der Waals surface area contributed by atoms with E-state index >= 15 is 0 Å². The SMILES string of the molecule is CC1(C)c2cc(-c3ccc4c(c3)C(C)(C)c3cc(N5c6ccccc6Sc6ccccc65)ccc3-4)ccc2-c2ccc(N3c4ccccc4Sc4ccccc43)cc21. The predicted molar refractivity (Wildman–Crippen MR) is 245 cm³/mol. The van der Waals surface area contributed by atoms with Gasteiger partial charge in [-0.2, -0.15) is 0 Å². The number of anilines is 6. The van der Waals surface area contributed by atoms with Crippen LogP contribution in [0.25, 0.3) is 33.4 Å². The summed E-state index contributed by atoms with van der Waals surface area (Å²) in [6.45, 7) is 9.60. The van der Waals surface area contributed by atoms with Crippen molar-refractivity contribution in [1.29, 1.82) is 0 Å². The third-order valence-corrected chi connectivity index (χ3v) is 15.3. The molecule has 0 fully saturated rings. The van der Waals surface area contributed by atoms with Crippen LogP contribution in [-0.4, -0.2) is 0 Å². The highest BCUT2D eigenvalue weighted by molar-refractivity contribution is 8.00. The average Bonchev–Trinajstić information content (AvgIpc) is 3.62. The monoisotopic (exact) mass is 780 g/mol. The van der Waals surface area contributed by atoms with Gasteiger partial charge in [-0.05, 0) is 141 Å². The van der Waals surface area contributed by atoms with E-state index in [0.29, 0.717) is 0 Å². The molecule has 0 atom stereocenters. The molecule has 4 aliphatic rings. The second-order valence-electron chi connectivity index (χ2n) is 17.0. The van der Waals surface area contributed by atoms with E-state index in [-0.39, 0.29) is 10.8 Å². The zero-order chi connectivity index (χ0) is 38.9. The first kappa shape index (κ1) is 34.1. The van der Waals surface area contributed by atoms with Gasteiger partial charge >= 0.3 is 0 Å². The minimum atomic E-state index is -0.160. The van der Waals surface area contributed by atoms with E-state index in [1.807, 2.05) is 23.5 Å². The Hall–Kier alpha value is -5.94. The van der Waals surface area contributed by atoms with Gasteiger partial charge in [-0.1, -0.05) is 136 Å². The van der Waals surface area contributed by atoms with Crippen LogP contribution < -0.4 is 9.80 Å². The van der Waals surface area contributed by atoms with Gasteiger partial charge in [-0.25, -0.2) is 0 Å². The summed E-state index contributed by atoms with van der Waals surface area (Å²) in [6.07, 6.45) is 0. The van der Waals surface area contributed by atoms with Gasteiger partial charge in [0.2, 0.25) is 0 Å². The van der Waals surface area contributed by atoms with Gasteiger partial charge in [0, 0.05) is 41.8 Å². The van der Waals surface area contributed by atoms with Crippen LogP contribution in [0, 0.1) is 0 Å². The molecule has 0 spiro atoms. The Morgan fingerprint density at radius 1 is 0.328 bits per heavy atom. The first-order valence-electron chi connectivity index (χ1n) is 20.2. The Bertz CT molecular complexity index is 2750. The molecule has 2 heterocycles. The van der Waals surface area contributed by atoms with E-state index < -0.39 is 0 Å². The van der Waals surface area contributed by atoms with E-state index in [4.69, 9.17) is 0 Å². The number of benzene rings is 8. The van der Waals surface area contributed by atoms with Crippen molar-refractivity contribution >= 4 is 57.6 Å². The van der Waals surface area contributed by atoms with Gasteiger partial charge in [0.05, 0.1) is 22.7 Å². The lowest BCUT2D eigenvalue weighted by Gasteiger charge is -2.33. The second-order valence-corrected chi connectivity index (χ2v) is 19.1. The van der Waals surface area contributed by atoms with Gasteiger partial charge in [0.1, 0.15) is 0 Å². The molecule has 12 rings (SSSR count). The smallest absolute Gasteiger partial charge is 0.0601 e. The first-order valence-corrected chi connectivity index (χ1v) is 21.8. The summed E-state index contributed by atoms with van der Waals surface area (Å²) in [5, 5.41) is 0. The molecule has 2 aliphatic carbocycles. The maximum absolute atomic E-state index is 2.47. The van der Waals surface area contributed by atoms with Crippen molar-refractivity contribution in [2.75, 3.05) is 9.80 Å². The maximum atomic E-state index is 2.47. The van der Waals surface area contributed by atoms with E-state index in [0.717, 1.165) is 0 Å². The number of rotatable bonds is 3. The summed E-state index contributed by atoms with van der Waals surface area (Å²) in [7, 11) is 0. The third-order valence-electron chi connectivity index (χ3n) is 13.0. The van der Waals surface area contributed by atoms with Gasteiger partial charge < -0.3 is 9.80 Å². The molecule has 278 valence electrons. The van der Waals surface area contributed by atoms with E-state index in [2.05, 4.69) is 207 Å². The quantitative estimate of drug-likeness (QED) is 0.176. The molecule has 58 heavy (non-hydrogen) atoms. The highest BCUT2D eigenvalue weighted by Crippen LogP contribution is 2.57. The van der Waals surface area contributed by atoms with Gasteiger partial charge in [-0.15, -0.1) is 0 Å².